The fraction of sp³-hybridized carbons (Fsp3) is 0.632. The Morgan fingerprint density at radius 1 is 1.33 bits per heavy atom. The first kappa shape index (κ1) is 17.4. The third kappa shape index (κ3) is 3.34. The van der Waals surface area contributed by atoms with E-state index in [4.69, 9.17) is 9.47 Å². The van der Waals surface area contributed by atoms with Gasteiger partial charge in [0.15, 0.2) is 5.60 Å². The molecule has 3 rings (SSSR count). The Morgan fingerprint density at radius 3 is 2.67 bits per heavy atom. The van der Waals surface area contributed by atoms with E-state index in [2.05, 4.69) is 12.1 Å². The molecule has 2 saturated heterocycles. The zero-order valence-corrected chi connectivity index (χ0v) is 14.3. The van der Waals surface area contributed by atoms with Crippen molar-refractivity contribution in [2.24, 2.45) is 5.92 Å². The number of benzene rings is 1. The highest BCUT2D eigenvalue weighted by Gasteiger charge is 2.44. The number of rotatable bonds is 4. The lowest BCUT2D eigenvalue weighted by Crippen LogP contribution is -2.56. The summed E-state index contributed by atoms with van der Waals surface area (Å²) in [5, 5.41) is 9.86. The lowest BCUT2D eigenvalue weighted by Gasteiger charge is -2.43. The first-order valence-electron chi connectivity index (χ1n) is 8.78. The average molecular weight is 333 g/mol. The Labute approximate surface area is 143 Å². The van der Waals surface area contributed by atoms with E-state index in [0.29, 0.717) is 45.1 Å². The number of methoxy groups -OCH3 is 1. The fourth-order valence-corrected chi connectivity index (χ4v) is 4.04. The monoisotopic (exact) mass is 333 g/mol. The van der Waals surface area contributed by atoms with Crippen molar-refractivity contribution in [3.05, 3.63) is 35.9 Å². The molecule has 0 aromatic heterocycles. The van der Waals surface area contributed by atoms with Gasteiger partial charge in [-0.3, -0.25) is 4.79 Å². The number of hydrogen-bond acceptors (Lipinski definition) is 4. The molecule has 0 aliphatic carbocycles. The largest absolute Gasteiger partial charge is 0.396 e. The topological polar surface area (TPSA) is 59.0 Å². The third-order valence-corrected chi connectivity index (χ3v) is 5.56. The summed E-state index contributed by atoms with van der Waals surface area (Å²) in [5.41, 5.74) is 0.494. The van der Waals surface area contributed by atoms with Crippen LogP contribution in [0.1, 0.15) is 30.7 Å². The van der Waals surface area contributed by atoms with Crippen LogP contribution in [0, 0.1) is 5.92 Å². The van der Waals surface area contributed by atoms with Gasteiger partial charge in [-0.2, -0.15) is 0 Å². The van der Waals surface area contributed by atoms with Crippen molar-refractivity contribution in [1.29, 1.82) is 0 Å². The van der Waals surface area contributed by atoms with Gasteiger partial charge in [-0.15, -0.1) is 0 Å². The summed E-state index contributed by atoms with van der Waals surface area (Å²) in [7, 11) is 1.61. The van der Waals surface area contributed by atoms with E-state index in [9.17, 15) is 9.90 Å². The third-order valence-electron chi connectivity index (χ3n) is 5.56. The molecule has 2 aliphatic heterocycles. The highest BCUT2D eigenvalue weighted by molar-refractivity contribution is 5.85. The summed E-state index contributed by atoms with van der Waals surface area (Å²) in [4.78, 5) is 15.0. The molecule has 5 heteroatoms. The van der Waals surface area contributed by atoms with Crippen LogP contribution in [-0.4, -0.2) is 61.5 Å². The van der Waals surface area contributed by atoms with Crippen LogP contribution < -0.4 is 0 Å². The number of carbonyl (C=O) groups is 1. The van der Waals surface area contributed by atoms with Gasteiger partial charge in [0.2, 0.25) is 0 Å². The van der Waals surface area contributed by atoms with Crippen LogP contribution in [0.4, 0.5) is 0 Å². The van der Waals surface area contributed by atoms with E-state index in [1.807, 2.05) is 23.1 Å². The van der Waals surface area contributed by atoms with Gasteiger partial charge in [0.1, 0.15) is 0 Å². The molecule has 1 amide bonds. The van der Waals surface area contributed by atoms with Crippen LogP contribution >= 0.6 is 0 Å². The molecule has 2 aliphatic rings. The second kappa shape index (κ2) is 7.64. The van der Waals surface area contributed by atoms with Crippen molar-refractivity contribution in [2.75, 3.05) is 40.0 Å². The van der Waals surface area contributed by atoms with Crippen LogP contribution in [-0.2, 0) is 14.3 Å². The lowest BCUT2D eigenvalue weighted by atomic mass is 9.80. The van der Waals surface area contributed by atoms with Crippen LogP contribution in [0.2, 0.25) is 0 Å². The summed E-state index contributed by atoms with van der Waals surface area (Å²) >= 11 is 0. The Kier molecular flexibility index (Phi) is 5.54. The maximum atomic E-state index is 13.1. The number of likely N-dealkylation sites (tertiary alicyclic amines) is 1. The number of aliphatic hydroxyl groups excluding tert-OH is 1. The molecule has 5 nitrogen and oxygen atoms in total. The quantitative estimate of drug-likeness (QED) is 0.913. The van der Waals surface area contributed by atoms with E-state index < -0.39 is 5.60 Å². The summed E-state index contributed by atoms with van der Waals surface area (Å²) in [5.74, 6) is 0.422. The van der Waals surface area contributed by atoms with Crippen LogP contribution in [0.5, 0.6) is 0 Å². The number of piperidine rings is 1. The van der Waals surface area contributed by atoms with E-state index in [-0.39, 0.29) is 18.4 Å². The van der Waals surface area contributed by atoms with Gasteiger partial charge < -0.3 is 19.5 Å². The van der Waals surface area contributed by atoms with Gasteiger partial charge in [-0.25, -0.2) is 0 Å². The second-order valence-corrected chi connectivity index (χ2v) is 6.81. The van der Waals surface area contributed by atoms with E-state index in [1.165, 1.54) is 5.56 Å². The highest BCUT2D eigenvalue weighted by atomic mass is 16.5. The first-order valence-corrected chi connectivity index (χ1v) is 8.78. The lowest BCUT2D eigenvalue weighted by molar-refractivity contribution is -0.168. The highest BCUT2D eigenvalue weighted by Crippen LogP contribution is 2.35. The molecule has 0 saturated carbocycles. The van der Waals surface area contributed by atoms with Gasteiger partial charge in [-0.05, 0) is 17.9 Å². The minimum absolute atomic E-state index is 0.0539. The predicted octanol–water partition coefficient (Wildman–Crippen LogP) is 1.81. The van der Waals surface area contributed by atoms with E-state index >= 15 is 0 Å². The summed E-state index contributed by atoms with van der Waals surface area (Å²) in [6, 6.07) is 10.3. The molecule has 1 aromatic rings. The van der Waals surface area contributed by atoms with Crippen molar-refractivity contribution < 1.29 is 19.4 Å². The minimum Gasteiger partial charge on any atom is -0.396 e. The number of carbonyl (C=O) groups excluding carboxylic acids is 1. The van der Waals surface area contributed by atoms with Gasteiger partial charge >= 0.3 is 0 Å². The number of aliphatic hydroxyl groups is 1. The first-order chi connectivity index (χ1) is 11.7. The zero-order chi connectivity index (χ0) is 17.0. The van der Waals surface area contributed by atoms with Crippen LogP contribution in [0.25, 0.3) is 0 Å². The van der Waals surface area contributed by atoms with Gasteiger partial charge in [0.05, 0.1) is 0 Å². The molecule has 0 unspecified atom stereocenters. The standard InChI is InChI=1S/C19H27NO4/c1-23-19(8-11-24-12-9-19)18(22)20-10-7-17(16(13-20)14-21)15-5-3-2-4-6-15/h2-6,16-17,21H,7-14H2,1H3/t16-,17+/m1/s1. The molecule has 2 atom stereocenters. The molecule has 0 spiro atoms. The predicted molar refractivity (Wildman–Crippen MR) is 90.7 cm³/mol. The fourth-order valence-electron chi connectivity index (χ4n) is 4.04. The molecular formula is C19H27NO4. The Hall–Kier alpha value is -1.43. The zero-order valence-electron chi connectivity index (χ0n) is 14.3. The smallest absolute Gasteiger partial charge is 0.254 e. The number of hydrogen-bond donors (Lipinski definition) is 1. The number of amides is 1. The number of ether oxygens (including phenoxy) is 2. The van der Waals surface area contributed by atoms with Crippen molar-refractivity contribution in [3.63, 3.8) is 0 Å². The minimum atomic E-state index is -0.752. The van der Waals surface area contributed by atoms with Crippen molar-refractivity contribution in [3.8, 4) is 0 Å². The molecule has 1 N–H and O–H groups in total. The average Bonchev–Trinajstić information content (AvgIpc) is 2.68. The van der Waals surface area contributed by atoms with Crippen molar-refractivity contribution in [1.82, 2.24) is 4.90 Å². The maximum Gasteiger partial charge on any atom is 0.254 e. The maximum absolute atomic E-state index is 13.1. The summed E-state index contributed by atoms with van der Waals surface area (Å²) < 4.78 is 11.0. The Bertz CT molecular complexity index is 542. The number of nitrogens with zero attached hydrogens (tertiary/aromatic N) is 1. The summed E-state index contributed by atoms with van der Waals surface area (Å²) in [6.45, 7) is 2.50. The molecule has 2 heterocycles. The summed E-state index contributed by atoms with van der Waals surface area (Å²) in [6.07, 6.45) is 2.08. The van der Waals surface area contributed by atoms with Crippen molar-refractivity contribution in [2.45, 2.75) is 30.8 Å². The Balaban J connectivity index is 1.72. The molecule has 0 radical (unpaired) electrons. The van der Waals surface area contributed by atoms with Gasteiger partial charge in [0.25, 0.3) is 5.91 Å². The van der Waals surface area contributed by atoms with Crippen molar-refractivity contribution >= 4 is 5.91 Å². The molecule has 1 aromatic carbocycles. The normalized spacial score (nSPS) is 27.0. The molecule has 132 valence electrons. The molecule has 24 heavy (non-hydrogen) atoms. The molecular weight excluding hydrogens is 306 g/mol. The Morgan fingerprint density at radius 2 is 2.04 bits per heavy atom. The van der Waals surface area contributed by atoms with E-state index in [0.717, 1.165) is 6.42 Å². The SMILES string of the molecule is COC1(C(=O)N2CC[C@@H](c3ccccc3)[C@@H](CO)C2)CCOCC1. The second-order valence-electron chi connectivity index (χ2n) is 6.81. The van der Waals surface area contributed by atoms with Crippen LogP contribution in [0.3, 0.4) is 0 Å². The van der Waals surface area contributed by atoms with Gasteiger partial charge in [0, 0.05) is 58.8 Å². The van der Waals surface area contributed by atoms with Crippen LogP contribution in [0.15, 0.2) is 30.3 Å². The molecule has 0 bridgehead atoms. The van der Waals surface area contributed by atoms with E-state index in [1.54, 1.807) is 7.11 Å². The van der Waals surface area contributed by atoms with Gasteiger partial charge in [-0.1, -0.05) is 30.3 Å². The molecule has 2 fully saturated rings.